The zero-order valence-electron chi connectivity index (χ0n) is 17.0. The smallest absolute Gasteiger partial charge is 0.254 e. The number of fused-ring (bicyclic) bond motifs is 1. The summed E-state index contributed by atoms with van der Waals surface area (Å²) in [5.41, 5.74) is 1.97. The highest BCUT2D eigenvalue weighted by Crippen LogP contribution is 2.38. The van der Waals surface area contributed by atoms with Crippen LogP contribution in [0.25, 0.3) is 0 Å². The molecule has 1 fully saturated rings. The maximum absolute atomic E-state index is 12.5. The fourth-order valence-corrected chi connectivity index (χ4v) is 4.72. The number of nitrogens with zero attached hydrogens (tertiary/aromatic N) is 1. The van der Waals surface area contributed by atoms with Gasteiger partial charge in [0.05, 0.1) is 17.5 Å². The number of piperazine rings is 1. The number of hydrogen-bond acceptors (Lipinski definition) is 5. The summed E-state index contributed by atoms with van der Waals surface area (Å²) in [6, 6.07) is 12.2. The molecule has 0 radical (unpaired) electrons. The van der Waals surface area contributed by atoms with E-state index in [-0.39, 0.29) is 43.1 Å². The molecule has 10 heteroatoms. The lowest BCUT2D eigenvalue weighted by molar-refractivity contribution is -0.124. The van der Waals surface area contributed by atoms with Crippen LogP contribution in [0.4, 0.5) is 5.69 Å². The Morgan fingerprint density at radius 2 is 1.94 bits per heavy atom. The topological polar surface area (TPSA) is 108 Å². The standard InChI is InChI=1S/C22H21ClN4O4S/c23-15-5-6-17-16(9-15)26-21(30)18(32-17)10-19(28)25-11-13-1-3-14(4-2-13)22(31)27-8-7-24-20(29)12-27/h1-6,9,18H,7-8,10-12H2,(H,24,29)(H,25,28)(H,26,30). The molecule has 0 aliphatic carbocycles. The Kier molecular flexibility index (Phi) is 6.66. The van der Waals surface area contributed by atoms with E-state index < -0.39 is 5.25 Å². The van der Waals surface area contributed by atoms with Gasteiger partial charge in [0.15, 0.2) is 0 Å². The molecule has 166 valence electrons. The third kappa shape index (κ3) is 5.23. The van der Waals surface area contributed by atoms with Gasteiger partial charge < -0.3 is 20.9 Å². The van der Waals surface area contributed by atoms with Crippen molar-refractivity contribution in [2.45, 2.75) is 23.1 Å². The highest BCUT2D eigenvalue weighted by atomic mass is 35.5. The Morgan fingerprint density at radius 3 is 2.69 bits per heavy atom. The summed E-state index contributed by atoms with van der Waals surface area (Å²) in [5, 5.41) is 8.31. The van der Waals surface area contributed by atoms with Crippen molar-refractivity contribution in [3.8, 4) is 0 Å². The first-order valence-electron chi connectivity index (χ1n) is 10.1. The predicted octanol–water partition coefficient (Wildman–Crippen LogP) is 2.03. The largest absolute Gasteiger partial charge is 0.353 e. The van der Waals surface area contributed by atoms with Gasteiger partial charge in [0, 0.05) is 41.5 Å². The van der Waals surface area contributed by atoms with Crippen LogP contribution in [0, 0.1) is 0 Å². The van der Waals surface area contributed by atoms with Crippen molar-refractivity contribution in [3.63, 3.8) is 0 Å². The molecule has 4 rings (SSSR count). The number of rotatable bonds is 5. The number of thioether (sulfide) groups is 1. The minimum atomic E-state index is -0.523. The van der Waals surface area contributed by atoms with Crippen molar-refractivity contribution >= 4 is 52.7 Å². The zero-order valence-corrected chi connectivity index (χ0v) is 18.6. The molecule has 0 saturated carbocycles. The van der Waals surface area contributed by atoms with Gasteiger partial charge in [-0.1, -0.05) is 23.7 Å². The lowest BCUT2D eigenvalue weighted by Gasteiger charge is -2.26. The minimum Gasteiger partial charge on any atom is -0.353 e. The summed E-state index contributed by atoms with van der Waals surface area (Å²) in [5.74, 6) is -0.831. The number of anilines is 1. The number of nitrogens with one attached hydrogen (secondary N) is 3. The zero-order chi connectivity index (χ0) is 22.7. The molecule has 4 amide bonds. The molecule has 1 unspecified atom stereocenters. The lowest BCUT2D eigenvalue weighted by atomic mass is 10.1. The molecular weight excluding hydrogens is 452 g/mol. The summed E-state index contributed by atoms with van der Waals surface area (Å²) in [6.45, 7) is 1.27. The number of halogens is 1. The van der Waals surface area contributed by atoms with Gasteiger partial charge in [-0.25, -0.2) is 0 Å². The molecule has 3 N–H and O–H groups in total. The highest BCUT2D eigenvalue weighted by Gasteiger charge is 2.29. The van der Waals surface area contributed by atoms with Gasteiger partial charge in [-0.2, -0.15) is 0 Å². The van der Waals surface area contributed by atoms with Crippen LogP contribution in [0.15, 0.2) is 47.4 Å². The van der Waals surface area contributed by atoms with Gasteiger partial charge in [0.25, 0.3) is 5.91 Å². The predicted molar refractivity (Wildman–Crippen MR) is 122 cm³/mol. The van der Waals surface area contributed by atoms with E-state index in [1.807, 2.05) is 6.07 Å². The number of benzene rings is 2. The highest BCUT2D eigenvalue weighted by molar-refractivity contribution is 8.01. The van der Waals surface area contributed by atoms with E-state index in [9.17, 15) is 19.2 Å². The van der Waals surface area contributed by atoms with E-state index in [0.29, 0.717) is 29.4 Å². The molecule has 1 atom stereocenters. The Labute approximate surface area is 194 Å². The van der Waals surface area contributed by atoms with Gasteiger partial charge in [-0.05, 0) is 35.9 Å². The van der Waals surface area contributed by atoms with Gasteiger partial charge in [-0.15, -0.1) is 11.8 Å². The maximum Gasteiger partial charge on any atom is 0.254 e. The molecule has 2 aliphatic heterocycles. The number of hydrogen-bond donors (Lipinski definition) is 3. The normalized spacial score (nSPS) is 17.8. The minimum absolute atomic E-state index is 0.0478. The molecule has 1 saturated heterocycles. The Bertz CT molecular complexity index is 1080. The Morgan fingerprint density at radius 1 is 1.16 bits per heavy atom. The molecule has 2 aromatic rings. The molecule has 2 aliphatic rings. The van der Waals surface area contributed by atoms with Crippen molar-refractivity contribution < 1.29 is 19.2 Å². The van der Waals surface area contributed by atoms with Crippen LogP contribution < -0.4 is 16.0 Å². The van der Waals surface area contributed by atoms with Crippen LogP contribution >= 0.6 is 23.4 Å². The van der Waals surface area contributed by atoms with Crippen molar-refractivity contribution in [2.75, 3.05) is 25.0 Å². The average Bonchev–Trinajstić information content (AvgIpc) is 2.78. The molecule has 32 heavy (non-hydrogen) atoms. The molecule has 0 aromatic heterocycles. The summed E-state index contributed by atoms with van der Waals surface area (Å²) in [7, 11) is 0. The van der Waals surface area contributed by atoms with E-state index in [0.717, 1.165) is 10.5 Å². The number of amides is 4. The summed E-state index contributed by atoms with van der Waals surface area (Å²) < 4.78 is 0. The van der Waals surface area contributed by atoms with E-state index in [1.54, 1.807) is 36.4 Å². The van der Waals surface area contributed by atoms with E-state index >= 15 is 0 Å². The molecule has 2 heterocycles. The van der Waals surface area contributed by atoms with E-state index in [2.05, 4.69) is 16.0 Å². The van der Waals surface area contributed by atoms with Crippen LogP contribution in [0.1, 0.15) is 22.3 Å². The first kappa shape index (κ1) is 22.2. The fraction of sp³-hybridized carbons (Fsp3) is 0.273. The van der Waals surface area contributed by atoms with Crippen LogP contribution in [0.2, 0.25) is 5.02 Å². The molecular formula is C22H21ClN4O4S. The summed E-state index contributed by atoms with van der Waals surface area (Å²) in [6.07, 6.45) is 0.0478. The molecule has 0 bridgehead atoms. The Balaban J connectivity index is 1.28. The lowest BCUT2D eigenvalue weighted by Crippen LogP contribution is -2.49. The molecule has 8 nitrogen and oxygen atoms in total. The van der Waals surface area contributed by atoms with Crippen molar-refractivity contribution in [2.24, 2.45) is 0 Å². The van der Waals surface area contributed by atoms with Crippen LogP contribution in [0.3, 0.4) is 0 Å². The third-order valence-electron chi connectivity index (χ3n) is 5.15. The monoisotopic (exact) mass is 472 g/mol. The van der Waals surface area contributed by atoms with E-state index in [4.69, 9.17) is 11.6 Å². The first-order valence-corrected chi connectivity index (χ1v) is 11.3. The number of carbonyl (C=O) groups excluding carboxylic acids is 4. The second kappa shape index (κ2) is 9.62. The van der Waals surface area contributed by atoms with Crippen molar-refractivity contribution in [1.82, 2.24) is 15.5 Å². The average molecular weight is 473 g/mol. The van der Waals surface area contributed by atoms with Gasteiger partial charge in [0.2, 0.25) is 17.7 Å². The molecule has 0 spiro atoms. The second-order valence-electron chi connectivity index (χ2n) is 7.49. The van der Waals surface area contributed by atoms with Crippen molar-refractivity contribution in [3.05, 3.63) is 58.6 Å². The maximum atomic E-state index is 12.5. The summed E-state index contributed by atoms with van der Waals surface area (Å²) >= 11 is 7.30. The fourth-order valence-electron chi connectivity index (χ4n) is 3.46. The van der Waals surface area contributed by atoms with Crippen LogP contribution in [-0.4, -0.2) is 53.4 Å². The number of carbonyl (C=O) groups is 4. The SMILES string of the molecule is O=C(CC1Sc2ccc(Cl)cc2NC1=O)NCc1ccc(C(=O)N2CCNC(=O)C2)cc1. The Hall–Kier alpha value is -3.04. The third-order valence-corrected chi connectivity index (χ3v) is 6.66. The van der Waals surface area contributed by atoms with Crippen LogP contribution in [-0.2, 0) is 20.9 Å². The summed E-state index contributed by atoms with van der Waals surface area (Å²) in [4.78, 5) is 51.1. The van der Waals surface area contributed by atoms with Gasteiger partial charge >= 0.3 is 0 Å². The second-order valence-corrected chi connectivity index (χ2v) is 9.17. The molecule has 2 aromatic carbocycles. The van der Waals surface area contributed by atoms with Crippen molar-refractivity contribution in [1.29, 1.82) is 0 Å². The van der Waals surface area contributed by atoms with E-state index in [1.165, 1.54) is 16.7 Å². The quantitative estimate of drug-likeness (QED) is 0.617. The van der Waals surface area contributed by atoms with Gasteiger partial charge in [0.1, 0.15) is 0 Å². The first-order chi connectivity index (χ1) is 15.4. The van der Waals surface area contributed by atoms with Crippen LogP contribution in [0.5, 0.6) is 0 Å². The van der Waals surface area contributed by atoms with Gasteiger partial charge in [-0.3, -0.25) is 19.2 Å².